The van der Waals surface area contributed by atoms with Crippen LogP contribution < -0.4 is 5.32 Å². The van der Waals surface area contributed by atoms with Crippen LogP contribution in [0.1, 0.15) is 51.4 Å². The first kappa shape index (κ1) is 25.3. The largest absolute Gasteiger partial charge is 0.378 e. The predicted molar refractivity (Wildman–Crippen MR) is 121 cm³/mol. The molecule has 5 nitrogen and oxygen atoms in total. The van der Waals surface area contributed by atoms with Crippen molar-refractivity contribution >= 4 is 11.7 Å². The van der Waals surface area contributed by atoms with E-state index in [9.17, 15) is 13.6 Å². The topological polar surface area (TPSA) is 44.8 Å². The van der Waals surface area contributed by atoms with E-state index in [0.717, 1.165) is 63.9 Å². The predicted octanol–water partition coefficient (Wildman–Crippen LogP) is 5.43. The monoisotopic (exact) mass is 437 g/mol. The van der Waals surface area contributed by atoms with E-state index in [1.807, 2.05) is 6.08 Å². The van der Waals surface area contributed by atoms with E-state index in [2.05, 4.69) is 23.8 Å². The van der Waals surface area contributed by atoms with Gasteiger partial charge in [-0.25, -0.2) is 13.6 Å². The van der Waals surface area contributed by atoms with Crippen LogP contribution in [0.4, 0.5) is 19.3 Å². The first-order valence-electron chi connectivity index (χ1n) is 11.3. The minimum absolute atomic E-state index is 0.0115. The Labute approximate surface area is 185 Å². The van der Waals surface area contributed by atoms with Crippen LogP contribution in [0.5, 0.6) is 0 Å². The van der Waals surface area contributed by atoms with Gasteiger partial charge in [0.05, 0.1) is 11.8 Å². The van der Waals surface area contributed by atoms with Gasteiger partial charge in [0, 0.05) is 32.3 Å². The highest BCUT2D eigenvalue weighted by Crippen LogP contribution is 2.25. The van der Waals surface area contributed by atoms with Crippen LogP contribution in [0.25, 0.3) is 0 Å². The minimum Gasteiger partial charge on any atom is -0.378 e. The van der Waals surface area contributed by atoms with Crippen molar-refractivity contribution in [3.05, 3.63) is 42.5 Å². The number of anilines is 1. The third-order valence-electron chi connectivity index (χ3n) is 5.91. The van der Waals surface area contributed by atoms with E-state index in [-0.39, 0.29) is 23.9 Å². The van der Waals surface area contributed by atoms with E-state index in [1.165, 1.54) is 25.3 Å². The van der Waals surface area contributed by atoms with Crippen molar-refractivity contribution in [1.82, 2.24) is 9.80 Å². The lowest BCUT2D eigenvalue weighted by Crippen LogP contribution is -2.43. The van der Waals surface area contributed by atoms with Crippen molar-refractivity contribution < 1.29 is 18.3 Å². The van der Waals surface area contributed by atoms with Gasteiger partial charge in [-0.3, -0.25) is 0 Å². The van der Waals surface area contributed by atoms with Crippen molar-refractivity contribution in [2.24, 2.45) is 0 Å². The first-order valence-corrected chi connectivity index (χ1v) is 11.3. The lowest BCUT2D eigenvalue weighted by Gasteiger charge is -2.34. The highest BCUT2D eigenvalue weighted by atomic mass is 19.1. The molecule has 1 aliphatic rings. The van der Waals surface area contributed by atoms with Crippen LogP contribution in [-0.4, -0.2) is 61.8 Å². The number of amides is 2. The van der Waals surface area contributed by atoms with E-state index in [4.69, 9.17) is 4.74 Å². The molecule has 1 aliphatic carbocycles. The van der Waals surface area contributed by atoms with Gasteiger partial charge in [0.1, 0.15) is 11.6 Å². The summed E-state index contributed by atoms with van der Waals surface area (Å²) in [6, 6.07) is 2.84. The molecule has 0 saturated heterocycles. The van der Waals surface area contributed by atoms with Crippen LogP contribution in [0.2, 0.25) is 0 Å². The molecule has 1 fully saturated rings. The fraction of sp³-hybridized carbons (Fsp3) is 0.625. The Morgan fingerprint density at radius 1 is 1.16 bits per heavy atom. The zero-order valence-electron chi connectivity index (χ0n) is 18.9. The van der Waals surface area contributed by atoms with Gasteiger partial charge in [-0.15, -0.1) is 6.58 Å². The van der Waals surface area contributed by atoms with Gasteiger partial charge in [0.2, 0.25) is 0 Å². The number of halogens is 2. The molecule has 31 heavy (non-hydrogen) atoms. The second-order valence-corrected chi connectivity index (χ2v) is 8.43. The zero-order valence-corrected chi connectivity index (χ0v) is 18.9. The number of unbranched alkanes of at least 4 members (excludes halogenated alkanes) is 3. The number of hydrogen-bond donors (Lipinski definition) is 1. The summed E-state index contributed by atoms with van der Waals surface area (Å²) in [5.74, 6) is -1.44. The maximum Gasteiger partial charge on any atom is 0.321 e. The van der Waals surface area contributed by atoms with Crippen LogP contribution in [0.3, 0.4) is 0 Å². The zero-order chi connectivity index (χ0) is 22.6. The van der Waals surface area contributed by atoms with E-state index in [1.54, 1.807) is 11.9 Å². The van der Waals surface area contributed by atoms with Gasteiger partial charge >= 0.3 is 6.03 Å². The number of carbonyl (C=O) groups is 1. The third-order valence-corrected chi connectivity index (χ3v) is 5.91. The number of carbonyl (C=O) groups excluding carboxylic acids is 1. The molecule has 2 rings (SSSR count). The molecule has 1 aromatic carbocycles. The van der Waals surface area contributed by atoms with Crippen molar-refractivity contribution in [2.45, 2.75) is 63.5 Å². The van der Waals surface area contributed by atoms with Gasteiger partial charge in [-0.2, -0.15) is 0 Å². The number of hydrogen-bond acceptors (Lipinski definition) is 3. The number of nitrogens with zero attached hydrogens (tertiary/aromatic N) is 2. The maximum absolute atomic E-state index is 13.8. The number of ether oxygens (including phenoxy) is 1. The molecule has 1 N–H and O–H groups in total. The average Bonchev–Trinajstić information content (AvgIpc) is 2.75. The Kier molecular flexibility index (Phi) is 10.9. The Morgan fingerprint density at radius 3 is 2.55 bits per heavy atom. The highest BCUT2D eigenvalue weighted by Gasteiger charge is 2.27. The first-order chi connectivity index (χ1) is 14.9. The summed E-state index contributed by atoms with van der Waals surface area (Å²) in [6.45, 7) is 6.58. The molecule has 7 heteroatoms. The van der Waals surface area contributed by atoms with Gasteiger partial charge in [0.25, 0.3) is 0 Å². The van der Waals surface area contributed by atoms with Crippen LogP contribution >= 0.6 is 0 Å². The third kappa shape index (κ3) is 8.95. The number of urea groups is 1. The summed E-state index contributed by atoms with van der Waals surface area (Å²) in [5.41, 5.74) is -0.0115. The fourth-order valence-electron chi connectivity index (χ4n) is 3.96. The Balaban J connectivity index is 1.59. The minimum atomic E-state index is -0.775. The van der Waals surface area contributed by atoms with E-state index >= 15 is 0 Å². The van der Waals surface area contributed by atoms with Gasteiger partial charge < -0.3 is 19.9 Å². The average molecular weight is 438 g/mol. The second-order valence-electron chi connectivity index (χ2n) is 8.43. The molecule has 0 bridgehead atoms. The summed E-state index contributed by atoms with van der Waals surface area (Å²) >= 11 is 0. The number of nitrogens with one attached hydrogen (secondary N) is 1. The standard InChI is InChI=1S/C24H37F2N3O2/c1-4-15-28(2)16-7-5-6-8-17-31-21-12-10-20(11-13-21)29(3)24(30)27-23-14-9-19(25)18-22(23)26/h4,9,14,18,20-21H,1,5-8,10-13,15-17H2,2-3H3,(H,27,30)/t20-,21-. The van der Waals surface area contributed by atoms with E-state index < -0.39 is 11.6 Å². The quantitative estimate of drug-likeness (QED) is 0.350. The molecule has 0 aliphatic heterocycles. The smallest absolute Gasteiger partial charge is 0.321 e. The summed E-state index contributed by atoms with van der Waals surface area (Å²) in [5, 5.41) is 2.52. The van der Waals surface area contributed by atoms with Gasteiger partial charge in [-0.1, -0.05) is 18.9 Å². The van der Waals surface area contributed by atoms with Crippen molar-refractivity contribution in [3.8, 4) is 0 Å². The summed E-state index contributed by atoms with van der Waals surface area (Å²) in [6.07, 6.45) is 10.4. The van der Waals surface area contributed by atoms with Gasteiger partial charge in [0.15, 0.2) is 0 Å². The normalized spacial score (nSPS) is 18.7. The van der Waals surface area contributed by atoms with Crippen LogP contribution in [0.15, 0.2) is 30.9 Å². The van der Waals surface area contributed by atoms with E-state index in [0.29, 0.717) is 0 Å². The van der Waals surface area contributed by atoms with Crippen LogP contribution in [0, 0.1) is 11.6 Å². The molecular weight excluding hydrogens is 400 g/mol. The number of benzene rings is 1. The fourth-order valence-corrected chi connectivity index (χ4v) is 3.96. The highest BCUT2D eigenvalue weighted by molar-refractivity contribution is 5.89. The SMILES string of the molecule is C=CCN(C)CCCCCCO[C@H]1CC[C@H](N(C)C(=O)Nc2ccc(F)cc2F)CC1. The summed E-state index contributed by atoms with van der Waals surface area (Å²) in [7, 11) is 3.83. The van der Waals surface area contributed by atoms with Crippen molar-refractivity contribution in [3.63, 3.8) is 0 Å². The molecule has 0 spiro atoms. The molecule has 0 atom stereocenters. The Bertz CT molecular complexity index is 693. The molecule has 0 aromatic heterocycles. The molecule has 1 saturated carbocycles. The number of likely N-dealkylation sites (N-methyl/N-ethyl adjacent to an activating group) is 1. The number of rotatable bonds is 12. The molecule has 174 valence electrons. The summed E-state index contributed by atoms with van der Waals surface area (Å²) in [4.78, 5) is 16.3. The molecular formula is C24H37F2N3O2. The molecule has 2 amide bonds. The maximum atomic E-state index is 13.8. The summed E-state index contributed by atoms with van der Waals surface area (Å²) < 4.78 is 32.8. The Morgan fingerprint density at radius 2 is 1.87 bits per heavy atom. The molecule has 0 heterocycles. The lowest BCUT2D eigenvalue weighted by molar-refractivity contribution is 0.0130. The van der Waals surface area contributed by atoms with Gasteiger partial charge in [-0.05, 0) is 64.3 Å². The molecule has 0 radical (unpaired) electrons. The lowest BCUT2D eigenvalue weighted by atomic mass is 9.92. The molecule has 1 aromatic rings. The van der Waals surface area contributed by atoms with Crippen molar-refractivity contribution in [2.75, 3.05) is 39.1 Å². The van der Waals surface area contributed by atoms with Crippen molar-refractivity contribution in [1.29, 1.82) is 0 Å². The van der Waals surface area contributed by atoms with Crippen LogP contribution in [-0.2, 0) is 4.74 Å². The molecule has 0 unspecified atom stereocenters. The Hall–Kier alpha value is -1.99. The second kappa shape index (κ2) is 13.4.